The minimum atomic E-state index is -0.457. The van der Waals surface area contributed by atoms with Crippen molar-refractivity contribution in [2.75, 3.05) is 7.11 Å². The Balaban J connectivity index is 2.93. The van der Waals surface area contributed by atoms with E-state index in [1.165, 1.54) is 11.1 Å². The molecule has 3 unspecified atom stereocenters. The van der Waals surface area contributed by atoms with E-state index in [2.05, 4.69) is 26.8 Å². The molecular weight excluding hydrogens is 226 g/mol. The maximum absolute atomic E-state index is 9.87. The highest BCUT2D eigenvalue weighted by Gasteiger charge is 2.18. The predicted molar refractivity (Wildman–Crippen MR) is 75.2 cm³/mol. The lowest BCUT2D eigenvalue weighted by molar-refractivity contribution is 0.134. The first-order valence-electron chi connectivity index (χ1n) is 6.46. The maximum Gasteiger partial charge on any atom is 0.122 e. The van der Waals surface area contributed by atoms with Crippen LogP contribution in [0.1, 0.15) is 42.9 Å². The monoisotopic (exact) mass is 251 g/mol. The highest BCUT2D eigenvalue weighted by atomic mass is 16.5. The van der Waals surface area contributed by atoms with Crippen LogP contribution in [0.4, 0.5) is 0 Å². The molecular formula is C15H25NO2. The van der Waals surface area contributed by atoms with Gasteiger partial charge < -0.3 is 15.6 Å². The van der Waals surface area contributed by atoms with Gasteiger partial charge in [-0.1, -0.05) is 13.0 Å². The summed E-state index contributed by atoms with van der Waals surface area (Å²) >= 11 is 0. The Morgan fingerprint density at radius 3 is 2.33 bits per heavy atom. The molecule has 0 fully saturated rings. The summed E-state index contributed by atoms with van der Waals surface area (Å²) in [5, 5.41) is 9.87. The van der Waals surface area contributed by atoms with Gasteiger partial charge in [-0.2, -0.15) is 0 Å². The van der Waals surface area contributed by atoms with E-state index in [1.807, 2.05) is 13.0 Å². The number of methoxy groups -OCH3 is 1. The number of benzene rings is 1. The van der Waals surface area contributed by atoms with Gasteiger partial charge in [0.2, 0.25) is 0 Å². The van der Waals surface area contributed by atoms with Gasteiger partial charge >= 0.3 is 0 Å². The van der Waals surface area contributed by atoms with Crippen LogP contribution in [-0.2, 0) is 0 Å². The molecule has 0 aliphatic heterocycles. The normalized spacial score (nSPS) is 16.2. The van der Waals surface area contributed by atoms with Crippen molar-refractivity contribution in [1.82, 2.24) is 0 Å². The summed E-state index contributed by atoms with van der Waals surface area (Å²) < 4.78 is 5.31. The molecule has 3 heteroatoms. The van der Waals surface area contributed by atoms with Crippen LogP contribution in [0.5, 0.6) is 5.75 Å². The van der Waals surface area contributed by atoms with Crippen LogP contribution >= 0.6 is 0 Å². The van der Waals surface area contributed by atoms with Gasteiger partial charge in [0.1, 0.15) is 5.75 Å². The molecule has 0 amide bonds. The van der Waals surface area contributed by atoms with Crippen LogP contribution in [0.3, 0.4) is 0 Å². The van der Waals surface area contributed by atoms with E-state index in [-0.39, 0.29) is 12.0 Å². The predicted octanol–water partition coefficient (Wildman–Crippen LogP) is 2.51. The second kappa shape index (κ2) is 6.21. The quantitative estimate of drug-likeness (QED) is 0.845. The zero-order valence-electron chi connectivity index (χ0n) is 12.0. The smallest absolute Gasteiger partial charge is 0.122 e. The fourth-order valence-electron chi connectivity index (χ4n) is 2.28. The second-order valence-corrected chi connectivity index (χ2v) is 5.17. The molecule has 0 aliphatic rings. The number of hydrogen-bond acceptors (Lipinski definition) is 3. The van der Waals surface area contributed by atoms with Gasteiger partial charge in [-0.15, -0.1) is 0 Å². The molecule has 1 aromatic rings. The van der Waals surface area contributed by atoms with Crippen LogP contribution in [0, 0.1) is 13.8 Å². The largest absolute Gasteiger partial charge is 0.496 e. The molecule has 1 aromatic carbocycles. The summed E-state index contributed by atoms with van der Waals surface area (Å²) in [7, 11) is 1.69. The molecule has 3 atom stereocenters. The Kier molecular flexibility index (Phi) is 5.17. The van der Waals surface area contributed by atoms with Crippen LogP contribution < -0.4 is 10.5 Å². The number of aliphatic hydroxyl groups excluding tert-OH is 1. The molecule has 0 aromatic heterocycles. The van der Waals surface area contributed by atoms with E-state index in [0.29, 0.717) is 6.42 Å². The number of aliphatic hydroxyl groups is 1. The minimum absolute atomic E-state index is 0.188. The zero-order chi connectivity index (χ0) is 13.9. The lowest BCUT2D eigenvalue weighted by Crippen LogP contribution is -2.32. The summed E-state index contributed by atoms with van der Waals surface area (Å²) in [5.74, 6) is 1.20. The Bertz CT molecular complexity index is 402. The third kappa shape index (κ3) is 3.24. The van der Waals surface area contributed by atoms with Crippen LogP contribution in [0.25, 0.3) is 0 Å². The van der Waals surface area contributed by atoms with Crippen molar-refractivity contribution < 1.29 is 9.84 Å². The Morgan fingerprint density at radius 1 is 1.22 bits per heavy atom. The number of rotatable bonds is 5. The highest BCUT2D eigenvalue weighted by molar-refractivity contribution is 5.44. The van der Waals surface area contributed by atoms with Gasteiger partial charge in [-0.3, -0.25) is 0 Å². The zero-order valence-corrected chi connectivity index (χ0v) is 12.0. The summed E-state index contributed by atoms with van der Waals surface area (Å²) in [6.45, 7) is 8.12. The standard InChI is InChI=1S/C15H25NO2/c1-9(8-14(17)12(4)16)13-6-7-15(18-5)11(3)10(13)2/h6-7,9,12,14,17H,8,16H2,1-5H3. The third-order valence-electron chi connectivity index (χ3n) is 3.73. The number of ether oxygens (including phenoxy) is 1. The molecule has 18 heavy (non-hydrogen) atoms. The second-order valence-electron chi connectivity index (χ2n) is 5.17. The number of nitrogens with two attached hydrogens (primary N) is 1. The Hall–Kier alpha value is -1.06. The molecule has 1 rings (SSSR count). The van der Waals surface area contributed by atoms with Crippen molar-refractivity contribution in [3.63, 3.8) is 0 Å². The first-order valence-corrected chi connectivity index (χ1v) is 6.46. The van der Waals surface area contributed by atoms with Crippen LogP contribution in [0.2, 0.25) is 0 Å². The SMILES string of the molecule is COc1ccc(C(C)CC(O)C(C)N)c(C)c1C. The molecule has 0 saturated carbocycles. The van der Waals surface area contributed by atoms with Gasteiger partial charge in [0.05, 0.1) is 13.2 Å². The van der Waals surface area contributed by atoms with E-state index in [1.54, 1.807) is 7.11 Å². The van der Waals surface area contributed by atoms with E-state index in [9.17, 15) is 5.11 Å². The highest BCUT2D eigenvalue weighted by Crippen LogP contribution is 2.30. The molecule has 0 heterocycles. The van der Waals surface area contributed by atoms with E-state index < -0.39 is 6.10 Å². The molecule has 0 spiro atoms. The first kappa shape index (κ1) is 15.0. The van der Waals surface area contributed by atoms with Crippen molar-refractivity contribution >= 4 is 0 Å². The molecule has 3 nitrogen and oxygen atoms in total. The van der Waals surface area contributed by atoms with Crippen LogP contribution in [-0.4, -0.2) is 24.4 Å². The van der Waals surface area contributed by atoms with Crippen molar-refractivity contribution in [1.29, 1.82) is 0 Å². The molecule has 3 N–H and O–H groups in total. The average Bonchev–Trinajstić information content (AvgIpc) is 2.32. The lowest BCUT2D eigenvalue weighted by atomic mass is 9.88. The topological polar surface area (TPSA) is 55.5 Å². The van der Waals surface area contributed by atoms with Crippen molar-refractivity contribution in [2.24, 2.45) is 5.73 Å². The van der Waals surface area contributed by atoms with Crippen molar-refractivity contribution in [3.8, 4) is 5.75 Å². The van der Waals surface area contributed by atoms with Gasteiger partial charge in [0, 0.05) is 6.04 Å². The molecule has 102 valence electrons. The van der Waals surface area contributed by atoms with E-state index >= 15 is 0 Å². The van der Waals surface area contributed by atoms with Gasteiger partial charge in [-0.25, -0.2) is 0 Å². The summed E-state index contributed by atoms with van der Waals surface area (Å²) in [4.78, 5) is 0. The Labute approximate surface area is 110 Å². The lowest BCUT2D eigenvalue weighted by Gasteiger charge is -2.22. The first-order chi connectivity index (χ1) is 8.38. The van der Waals surface area contributed by atoms with Crippen LogP contribution in [0.15, 0.2) is 12.1 Å². The molecule has 0 radical (unpaired) electrons. The van der Waals surface area contributed by atoms with Gasteiger partial charge in [-0.05, 0) is 55.9 Å². The third-order valence-corrected chi connectivity index (χ3v) is 3.73. The van der Waals surface area contributed by atoms with E-state index in [4.69, 9.17) is 10.5 Å². The minimum Gasteiger partial charge on any atom is -0.496 e. The van der Waals surface area contributed by atoms with Crippen molar-refractivity contribution in [2.45, 2.75) is 52.2 Å². The Morgan fingerprint density at radius 2 is 1.83 bits per heavy atom. The van der Waals surface area contributed by atoms with E-state index in [0.717, 1.165) is 11.3 Å². The van der Waals surface area contributed by atoms with Crippen molar-refractivity contribution in [3.05, 3.63) is 28.8 Å². The molecule has 0 aliphatic carbocycles. The molecule has 0 bridgehead atoms. The summed E-state index contributed by atoms with van der Waals surface area (Å²) in [5.41, 5.74) is 9.36. The van der Waals surface area contributed by atoms with Gasteiger partial charge in [0.15, 0.2) is 0 Å². The fraction of sp³-hybridized carbons (Fsp3) is 0.600. The molecule has 0 saturated heterocycles. The number of hydrogen-bond donors (Lipinski definition) is 2. The average molecular weight is 251 g/mol. The maximum atomic E-state index is 9.87. The van der Waals surface area contributed by atoms with Gasteiger partial charge in [0.25, 0.3) is 0 Å². The summed E-state index contributed by atoms with van der Waals surface area (Å²) in [6, 6.07) is 3.89. The fourth-order valence-corrected chi connectivity index (χ4v) is 2.28. The summed E-state index contributed by atoms with van der Waals surface area (Å²) in [6.07, 6.45) is 0.228.